The first-order valence-electron chi connectivity index (χ1n) is 6.25. The van der Waals surface area contributed by atoms with Gasteiger partial charge in [0.2, 0.25) is 0 Å². The molecule has 1 fully saturated rings. The highest BCUT2D eigenvalue weighted by Crippen LogP contribution is 2.29. The molecule has 6 nitrogen and oxygen atoms in total. The minimum absolute atomic E-state index is 0.361. The van der Waals surface area contributed by atoms with E-state index in [0.29, 0.717) is 31.3 Å². The van der Waals surface area contributed by atoms with Crippen molar-refractivity contribution in [1.29, 1.82) is 0 Å². The lowest BCUT2D eigenvalue weighted by Crippen LogP contribution is -2.35. The van der Waals surface area contributed by atoms with Gasteiger partial charge >= 0.3 is 0 Å². The summed E-state index contributed by atoms with van der Waals surface area (Å²) in [6, 6.07) is 0. The molecule has 0 bridgehead atoms. The van der Waals surface area contributed by atoms with Crippen molar-refractivity contribution in [2.75, 3.05) is 26.9 Å². The molecule has 0 aliphatic carbocycles. The molecule has 1 aliphatic rings. The van der Waals surface area contributed by atoms with E-state index in [1.54, 1.807) is 18.0 Å². The van der Waals surface area contributed by atoms with Crippen LogP contribution in [-0.4, -0.2) is 47.9 Å². The Balaban J connectivity index is 2.20. The Bertz CT molecular complexity index is 374. The van der Waals surface area contributed by atoms with Gasteiger partial charge in [-0.05, 0) is 6.42 Å². The molecular formula is C12H20N2O4. The lowest BCUT2D eigenvalue weighted by molar-refractivity contribution is -0.135. The highest BCUT2D eigenvalue weighted by atomic mass is 16.6. The monoisotopic (exact) mass is 256 g/mol. The summed E-state index contributed by atoms with van der Waals surface area (Å²) >= 11 is 0. The van der Waals surface area contributed by atoms with E-state index in [1.165, 1.54) is 0 Å². The van der Waals surface area contributed by atoms with E-state index < -0.39 is 6.10 Å². The van der Waals surface area contributed by atoms with Crippen LogP contribution in [0.25, 0.3) is 0 Å². The molecule has 102 valence electrons. The van der Waals surface area contributed by atoms with E-state index in [-0.39, 0.29) is 6.10 Å². The Morgan fingerprint density at radius 2 is 2.44 bits per heavy atom. The SMILES string of the molecule is CCCn1ncc(OC)c1C(O)C1COCCO1. The number of hydrogen-bond donors (Lipinski definition) is 1. The molecule has 1 saturated heterocycles. The fraction of sp³-hybridized carbons (Fsp3) is 0.750. The van der Waals surface area contributed by atoms with E-state index in [9.17, 15) is 5.11 Å². The Morgan fingerprint density at radius 3 is 3.06 bits per heavy atom. The second-order valence-corrected chi connectivity index (χ2v) is 4.25. The zero-order valence-electron chi connectivity index (χ0n) is 10.8. The molecule has 1 N–H and O–H groups in total. The normalized spacial score (nSPS) is 21.8. The molecule has 2 rings (SSSR count). The Morgan fingerprint density at radius 1 is 1.61 bits per heavy atom. The zero-order chi connectivity index (χ0) is 13.0. The lowest BCUT2D eigenvalue weighted by atomic mass is 10.1. The summed E-state index contributed by atoms with van der Waals surface area (Å²) in [5.74, 6) is 0.588. The average molecular weight is 256 g/mol. The molecule has 6 heteroatoms. The van der Waals surface area contributed by atoms with Crippen molar-refractivity contribution in [1.82, 2.24) is 9.78 Å². The second kappa shape index (κ2) is 6.17. The summed E-state index contributed by atoms with van der Waals surface area (Å²) < 4.78 is 17.9. The van der Waals surface area contributed by atoms with Crippen LogP contribution >= 0.6 is 0 Å². The quantitative estimate of drug-likeness (QED) is 0.842. The van der Waals surface area contributed by atoms with Crippen molar-refractivity contribution in [3.05, 3.63) is 11.9 Å². The van der Waals surface area contributed by atoms with Crippen molar-refractivity contribution in [3.8, 4) is 5.75 Å². The summed E-state index contributed by atoms with van der Waals surface area (Å²) in [5.41, 5.74) is 0.662. The van der Waals surface area contributed by atoms with Crippen LogP contribution in [-0.2, 0) is 16.0 Å². The van der Waals surface area contributed by atoms with Gasteiger partial charge in [-0.25, -0.2) is 0 Å². The predicted octanol–water partition coefficient (Wildman–Crippen LogP) is 0.750. The van der Waals surface area contributed by atoms with Crippen molar-refractivity contribution in [2.45, 2.75) is 32.1 Å². The topological polar surface area (TPSA) is 65.7 Å². The van der Waals surface area contributed by atoms with Gasteiger partial charge in [0.05, 0.1) is 33.1 Å². The second-order valence-electron chi connectivity index (χ2n) is 4.25. The lowest BCUT2D eigenvalue weighted by Gasteiger charge is -2.27. The van der Waals surface area contributed by atoms with Crippen LogP contribution in [0.2, 0.25) is 0 Å². The first-order valence-corrected chi connectivity index (χ1v) is 6.25. The van der Waals surface area contributed by atoms with Crippen LogP contribution in [0.5, 0.6) is 5.75 Å². The van der Waals surface area contributed by atoms with Crippen molar-refractivity contribution < 1.29 is 19.3 Å². The average Bonchev–Trinajstić information content (AvgIpc) is 2.82. The van der Waals surface area contributed by atoms with Crippen LogP contribution in [0.3, 0.4) is 0 Å². The predicted molar refractivity (Wildman–Crippen MR) is 64.6 cm³/mol. The third-order valence-corrected chi connectivity index (χ3v) is 2.97. The number of hydrogen-bond acceptors (Lipinski definition) is 5. The highest BCUT2D eigenvalue weighted by Gasteiger charge is 2.30. The third-order valence-electron chi connectivity index (χ3n) is 2.97. The molecule has 0 radical (unpaired) electrons. The van der Waals surface area contributed by atoms with E-state index >= 15 is 0 Å². The van der Waals surface area contributed by atoms with E-state index in [2.05, 4.69) is 12.0 Å². The summed E-state index contributed by atoms with van der Waals surface area (Å²) in [7, 11) is 1.57. The molecule has 2 atom stereocenters. The molecule has 0 saturated carbocycles. The van der Waals surface area contributed by atoms with Crippen molar-refractivity contribution in [2.24, 2.45) is 0 Å². The van der Waals surface area contributed by atoms with Crippen LogP contribution in [0.15, 0.2) is 6.20 Å². The van der Waals surface area contributed by atoms with Gasteiger partial charge in [0.25, 0.3) is 0 Å². The zero-order valence-corrected chi connectivity index (χ0v) is 10.8. The number of rotatable bonds is 5. The van der Waals surface area contributed by atoms with Crippen LogP contribution < -0.4 is 4.74 Å². The number of aryl methyl sites for hydroxylation is 1. The molecule has 18 heavy (non-hydrogen) atoms. The number of aromatic nitrogens is 2. The van der Waals surface area contributed by atoms with Gasteiger partial charge in [-0.15, -0.1) is 0 Å². The van der Waals surface area contributed by atoms with Crippen LogP contribution in [0.1, 0.15) is 25.1 Å². The van der Waals surface area contributed by atoms with Crippen molar-refractivity contribution >= 4 is 0 Å². The Hall–Kier alpha value is -1.11. The highest BCUT2D eigenvalue weighted by molar-refractivity contribution is 5.28. The third kappa shape index (κ3) is 2.66. The maximum absolute atomic E-state index is 10.4. The summed E-state index contributed by atoms with van der Waals surface area (Å²) in [6.07, 6.45) is 1.42. The van der Waals surface area contributed by atoms with Gasteiger partial charge in [-0.2, -0.15) is 5.10 Å². The fourth-order valence-corrected chi connectivity index (χ4v) is 2.09. The van der Waals surface area contributed by atoms with Gasteiger partial charge in [0.15, 0.2) is 5.75 Å². The molecule has 1 aliphatic heterocycles. The van der Waals surface area contributed by atoms with Gasteiger partial charge in [-0.1, -0.05) is 6.92 Å². The first-order chi connectivity index (χ1) is 8.77. The fourth-order valence-electron chi connectivity index (χ4n) is 2.09. The standard InChI is InChI=1S/C12H20N2O4/c1-3-4-14-11(9(16-2)7-13-14)12(15)10-8-17-5-6-18-10/h7,10,12,15H,3-6,8H2,1-2H3. The molecule has 0 amide bonds. The van der Waals surface area contributed by atoms with Gasteiger partial charge in [0, 0.05) is 6.54 Å². The first kappa shape index (κ1) is 13.3. The molecule has 1 aromatic heterocycles. The van der Waals surface area contributed by atoms with Gasteiger partial charge in [-0.3, -0.25) is 4.68 Å². The molecule has 1 aromatic rings. The Labute approximate surface area is 106 Å². The summed E-state index contributed by atoms with van der Waals surface area (Å²) in [5, 5.41) is 14.6. The number of aliphatic hydroxyl groups is 1. The Kier molecular flexibility index (Phi) is 4.57. The minimum atomic E-state index is -0.783. The molecule has 0 aromatic carbocycles. The van der Waals surface area contributed by atoms with Gasteiger partial charge < -0.3 is 19.3 Å². The number of nitrogens with zero attached hydrogens (tertiary/aromatic N) is 2. The summed E-state index contributed by atoms with van der Waals surface area (Å²) in [4.78, 5) is 0. The number of aliphatic hydroxyl groups excluding tert-OH is 1. The summed E-state index contributed by atoms with van der Waals surface area (Å²) in [6.45, 7) is 4.27. The van der Waals surface area contributed by atoms with E-state index in [4.69, 9.17) is 14.2 Å². The van der Waals surface area contributed by atoms with E-state index in [0.717, 1.165) is 13.0 Å². The largest absolute Gasteiger partial charge is 0.493 e. The molecule has 0 spiro atoms. The maximum Gasteiger partial charge on any atom is 0.162 e. The minimum Gasteiger partial charge on any atom is -0.493 e. The molecule has 2 unspecified atom stereocenters. The van der Waals surface area contributed by atoms with Gasteiger partial charge in [0.1, 0.15) is 17.9 Å². The number of ether oxygens (including phenoxy) is 3. The van der Waals surface area contributed by atoms with E-state index in [1.807, 2.05) is 0 Å². The van der Waals surface area contributed by atoms with Crippen molar-refractivity contribution in [3.63, 3.8) is 0 Å². The molecular weight excluding hydrogens is 236 g/mol. The van der Waals surface area contributed by atoms with Crippen LogP contribution in [0, 0.1) is 0 Å². The maximum atomic E-state index is 10.4. The van der Waals surface area contributed by atoms with Crippen LogP contribution in [0.4, 0.5) is 0 Å². The molecule has 2 heterocycles. The smallest absolute Gasteiger partial charge is 0.162 e. The number of methoxy groups -OCH3 is 1.